The molecule has 7 heteroatoms. The van der Waals surface area contributed by atoms with Crippen LogP contribution >= 0.6 is 27.3 Å². The van der Waals surface area contributed by atoms with Gasteiger partial charge in [0.05, 0.1) is 30.0 Å². The molecule has 2 heterocycles. The molecule has 0 saturated carbocycles. The van der Waals surface area contributed by atoms with E-state index in [4.69, 9.17) is 14.5 Å². The predicted octanol–water partition coefficient (Wildman–Crippen LogP) is 4.89. The molecule has 0 radical (unpaired) electrons. The Bertz CT molecular complexity index is 969. The predicted molar refractivity (Wildman–Crippen MR) is 111 cm³/mol. The van der Waals surface area contributed by atoms with E-state index in [1.165, 1.54) is 11.3 Å². The Morgan fingerprint density at radius 1 is 1.37 bits per heavy atom. The Kier molecular flexibility index (Phi) is 5.43. The number of halogens is 1. The number of fused-ring (bicyclic) bond motifs is 1. The molecular weight excluding hydrogens is 428 g/mol. The third kappa shape index (κ3) is 4.00. The number of carbonyl (C=O) groups is 1. The van der Waals surface area contributed by atoms with Crippen molar-refractivity contribution in [2.45, 2.75) is 18.9 Å². The highest BCUT2D eigenvalue weighted by atomic mass is 79.9. The molecule has 1 amide bonds. The van der Waals surface area contributed by atoms with Crippen LogP contribution in [-0.2, 0) is 4.74 Å². The Labute approximate surface area is 170 Å². The number of hydrogen-bond acceptors (Lipinski definition) is 5. The molecule has 4 rings (SSSR count). The first-order chi connectivity index (χ1) is 13.1. The molecule has 5 nitrogen and oxygen atoms in total. The summed E-state index contributed by atoms with van der Waals surface area (Å²) in [6.07, 6.45) is 2.02. The van der Waals surface area contributed by atoms with E-state index in [0.29, 0.717) is 23.0 Å². The van der Waals surface area contributed by atoms with Gasteiger partial charge in [-0.05, 0) is 49.2 Å². The highest BCUT2D eigenvalue weighted by Gasteiger charge is 2.27. The molecule has 3 aromatic rings. The fourth-order valence-corrected chi connectivity index (χ4v) is 4.68. The summed E-state index contributed by atoms with van der Waals surface area (Å²) in [5.74, 6) is 0.564. The zero-order valence-electron chi connectivity index (χ0n) is 14.9. The number of methoxy groups -OCH3 is 1. The molecule has 140 valence electrons. The normalized spacial score (nSPS) is 16.6. The number of thiazole rings is 1. The zero-order valence-corrected chi connectivity index (χ0v) is 17.3. The minimum atomic E-state index is -0.0949. The van der Waals surface area contributed by atoms with Crippen LogP contribution in [0.5, 0.6) is 5.75 Å². The molecule has 1 unspecified atom stereocenters. The first-order valence-corrected chi connectivity index (χ1v) is 10.4. The lowest BCUT2D eigenvalue weighted by molar-refractivity contribution is 0.0917. The molecule has 1 atom stereocenters. The van der Waals surface area contributed by atoms with Crippen molar-refractivity contribution in [1.82, 2.24) is 4.98 Å². The van der Waals surface area contributed by atoms with Crippen LogP contribution in [0.3, 0.4) is 0 Å². The van der Waals surface area contributed by atoms with E-state index in [9.17, 15) is 4.79 Å². The Hall–Kier alpha value is -1.96. The van der Waals surface area contributed by atoms with Crippen molar-refractivity contribution in [2.24, 2.45) is 0 Å². The van der Waals surface area contributed by atoms with Gasteiger partial charge in [0.1, 0.15) is 5.75 Å². The molecule has 0 aliphatic carbocycles. The van der Waals surface area contributed by atoms with Gasteiger partial charge in [0.2, 0.25) is 0 Å². The molecule has 2 aromatic carbocycles. The van der Waals surface area contributed by atoms with E-state index in [2.05, 4.69) is 15.9 Å². The average molecular weight is 447 g/mol. The third-order valence-corrected chi connectivity index (χ3v) is 6.08. The van der Waals surface area contributed by atoms with Crippen molar-refractivity contribution in [3.05, 3.63) is 52.5 Å². The van der Waals surface area contributed by atoms with Crippen LogP contribution in [-0.4, -0.2) is 37.3 Å². The summed E-state index contributed by atoms with van der Waals surface area (Å²) in [6, 6.07) is 13.2. The first kappa shape index (κ1) is 18.4. The van der Waals surface area contributed by atoms with Crippen LogP contribution in [0.2, 0.25) is 0 Å². The second-order valence-electron chi connectivity index (χ2n) is 6.39. The summed E-state index contributed by atoms with van der Waals surface area (Å²) in [7, 11) is 1.60. The maximum atomic E-state index is 13.3. The van der Waals surface area contributed by atoms with Gasteiger partial charge in [0.25, 0.3) is 5.91 Å². The molecular formula is C20H19BrN2O3S. The standard InChI is InChI=1S/C20H19BrN2O3S/c1-25-15-5-2-4-13(10-15)19(24)23(12-16-6-3-9-26-16)20-22-17-8-7-14(21)11-18(17)27-20/h2,4-5,7-8,10-11,16H,3,6,9,12H2,1H3. The lowest BCUT2D eigenvalue weighted by Crippen LogP contribution is -2.37. The topological polar surface area (TPSA) is 51.7 Å². The van der Waals surface area contributed by atoms with Gasteiger partial charge < -0.3 is 9.47 Å². The number of benzene rings is 2. The minimum absolute atomic E-state index is 0.0401. The summed E-state index contributed by atoms with van der Waals surface area (Å²) in [6.45, 7) is 1.25. The van der Waals surface area contributed by atoms with E-state index in [1.807, 2.05) is 30.3 Å². The molecule has 1 aliphatic rings. The third-order valence-electron chi connectivity index (χ3n) is 4.54. The van der Waals surface area contributed by atoms with Crippen molar-refractivity contribution >= 4 is 48.5 Å². The van der Waals surface area contributed by atoms with E-state index >= 15 is 0 Å². The Morgan fingerprint density at radius 2 is 2.26 bits per heavy atom. The molecule has 1 saturated heterocycles. The van der Waals surface area contributed by atoms with E-state index in [0.717, 1.165) is 34.1 Å². The highest BCUT2D eigenvalue weighted by molar-refractivity contribution is 9.10. The molecule has 0 bridgehead atoms. The summed E-state index contributed by atoms with van der Waals surface area (Å²) in [4.78, 5) is 19.8. The van der Waals surface area contributed by atoms with Gasteiger partial charge in [-0.3, -0.25) is 9.69 Å². The van der Waals surface area contributed by atoms with E-state index in [-0.39, 0.29) is 12.0 Å². The maximum absolute atomic E-state index is 13.3. The Balaban J connectivity index is 1.71. The van der Waals surface area contributed by atoms with Gasteiger partial charge >= 0.3 is 0 Å². The van der Waals surface area contributed by atoms with Gasteiger partial charge in [0, 0.05) is 16.6 Å². The second-order valence-corrected chi connectivity index (χ2v) is 8.32. The lowest BCUT2D eigenvalue weighted by atomic mass is 10.1. The molecule has 1 fully saturated rings. The monoisotopic (exact) mass is 446 g/mol. The van der Waals surface area contributed by atoms with E-state index < -0.39 is 0 Å². The van der Waals surface area contributed by atoms with Gasteiger partial charge in [-0.15, -0.1) is 0 Å². The molecule has 0 N–H and O–H groups in total. The molecule has 0 spiro atoms. The first-order valence-electron chi connectivity index (χ1n) is 8.77. The molecule has 1 aromatic heterocycles. The van der Waals surface area contributed by atoms with Gasteiger partial charge in [-0.1, -0.05) is 33.3 Å². The highest BCUT2D eigenvalue weighted by Crippen LogP contribution is 2.32. The van der Waals surface area contributed by atoms with Crippen molar-refractivity contribution in [3.63, 3.8) is 0 Å². The second kappa shape index (κ2) is 7.96. The maximum Gasteiger partial charge on any atom is 0.260 e. The number of aromatic nitrogens is 1. The van der Waals surface area contributed by atoms with Crippen LogP contribution in [0, 0.1) is 0 Å². The van der Waals surface area contributed by atoms with E-state index in [1.54, 1.807) is 24.1 Å². The number of nitrogens with zero attached hydrogens (tertiary/aromatic N) is 2. The van der Waals surface area contributed by atoms with Crippen LogP contribution < -0.4 is 9.64 Å². The van der Waals surface area contributed by atoms with Gasteiger partial charge in [-0.2, -0.15) is 0 Å². The minimum Gasteiger partial charge on any atom is -0.497 e. The molecule has 27 heavy (non-hydrogen) atoms. The lowest BCUT2D eigenvalue weighted by Gasteiger charge is -2.23. The number of anilines is 1. The van der Waals surface area contributed by atoms with Crippen LogP contribution in [0.15, 0.2) is 46.9 Å². The summed E-state index contributed by atoms with van der Waals surface area (Å²) in [5, 5.41) is 0.686. The number of rotatable bonds is 5. The van der Waals surface area contributed by atoms with Crippen molar-refractivity contribution in [2.75, 3.05) is 25.2 Å². The average Bonchev–Trinajstić information content (AvgIpc) is 3.34. The van der Waals surface area contributed by atoms with Gasteiger partial charge in [0.15, 0.2) is 5.13 Å². The van der Waals surface area contributed by atoms with Crippen molar-refractivity contribution < 1.29 is 14.3 Å². The number of ether oxygens (including phenoxy) is 2. The number of carbonyl (C=O) groups excluding carboxylic acids is 1. The quantitative estimate of drug-likeness (QED) is 0.559. The van der Waals surface area contributed by atoms with Crippen molar-refractivity contribution in [1.29, 1.82) is 0 Å². The largest absolute Gasteiger partial charge is 0.497 e. The fourth-order valence-electron chi connectivity index (χ4n) is 3.15. The van der Waals surface area contributed by atoms with Crippen LogP contribution in [0.4, 0.5) is 5.13 Å². The molecule has 1 aliphatic heterocycles. The fraction of sp³-hybridized carbons (Fsp3) is 0.300. The van der Waals surface area contributed by atoms with Crippen LogP contribution in [0.1, 0.15) is 23.2 Å². The smallest absolute Gasteiger partial charge is 0.260 e. The van der Waals surface area contributed by atoms with Crippen LogP contribution in [0.25, 0.3) is 10.2 Å². The SMILES string of the molecule is COc1cccc(C(=O)N(CC2CCCO2)c2nc3ccc(Br)cc3s2)c1. The Morgan fingerprint density at radius 3 is 3.04 bits per heavy atom. The summed E-state index contributed by atoms with van der Waals surface area (Å²) < 4.78 is 13.1. The zero-order chi connectivity index (χ0) is 18.8. The van der Waals surface area contributed by atoms with Crippen molar-refractivity contribution in [3.8, 4) is 5.75 Å². The summed E-state index contributed by atoms with van der Waals surface area (Å²) >= 11 is 5.01. The number of amides is 1. The number of hydrogen-bond donors (Lipinski definition) is 0. The summed E-state index contributed by atoms with van der Waals surface area (Å²) in [5.41, 5.74) is 1.46. The van der Waals surface area contributed by atoms with Gasteiger partial charge in [-0.25, -0.2) is 4.98 Å².